The summed E-state index contributed by atoms with van der Waals surface area (Å²) in [5.74, 6) is -0.428. The molecule has 0 spiro atoms. The zero-order valence-corrected chi connectivity index (χ0v) is 10.5. The van der Waals surface area contributed by atoms with Crippen LogP contribution in [0.25, 0.3) is 0 Å². The molecule has 90 valence electrons. The highest BCUT2D eigenvalue weighted by Gasteiger charge is 2.33. The maximum absolute atomic E-state index is 11.1. The summed E-state index contributed by atoms with van der Waals surface area (Å²) in [6.07, 6.45) is 0. The predicted molar refractivity (Wildman–Crippen MR) is 62.1 cm³/mol. The maximum Gasteiger partial charge on any atom is 0.235 e. The molecular formula is C10H13ClO4S. The minimum absolute atomic E-state index is 0.0211. The molecule has 0 aliphatic rings. The summed E-state index contributed by atoms with van der Waals surface area (Å²) < 4.78 is 27.3. The van der Waals surface area contributed by atoms with Gasteiger partial charge in [-0.15, -0.1) is 0 Å². The van der Waals surface area contributed by atoms with Crippen molar-refractivity contribution in [3.8, 4) is 5.75 Å². The van der Waals surface area contributed by atoms with Crippen LogP contribution in [-0.4, -0.2) is 26.4 Å². The number of halogens is 1. The third-order valence-electron chi connectivity index (χ3n) is 2.37. The zero-order chi connectivity index (χ0) is 12.4. The molecule has 0 amide bonds. The molecule has 0 heterocycles. The molecule has 0 radical (unpaired) electrons. The molecule has 16 heavy (non-hydrogen) atoms. The van der Waals surface area contributed by atoms with Crippen molar-refractivity contribution < 1.29 is 18.3 Å². The third kappa shape index (κ3) is 3.10. The van der Waals surface area contributed by atoms with E-state index in [1.807, 2.05) is 0 Å². The van der Waals surface area contributed by atoms with Crippen LogP contribution in [0, 0.1) is 0 Å². The van der Waals surface area contributed by atoms with Crippen molar-refractivity contribution in [2.75, 3.05) is 12.9 Å². The summed E-state index contributed by atoms with van der Waals surface area (Å²) >= 11 is 0. The SMILES string of the molecule is COC(C)(CS(=O)(=O)Cl)c1ccccc1O. The molecule has 0 aliphatic heterocycles. The van der Waals surface area contributed by atoms with Gasteiger partial charge in [0.25, 0.3) is 0 Å². The Balaban J connectivity index is 3.20. The molecule has 0 bridgehead atoms. The van der Waals surface area contributed by atoms with E-state index in [0.717, 1.165) is 0 Å². The van der Waals surface area contributed by atoms with Crippen LogP contribution in [0.5, 0.6) is 5.75 Å². The topological polar surface area (TPSA) is 63.6 Å². The van der Waals surface area contributed by atoms with Crippen LogP contribution < -0.4 is 0 Å². The van der Waals surface area contributed by atoms with Crippen LogP contribution >= 0.6 is 10.7 Å². The van der Waals surface area contributed by atoms with Gasteiger partial charge in [-0.25, -0.2) is 8.42 Å². The van der Waals surface area contributed by atoms with E-state index in [4.69, 9.17) is 15.4 Å². The van der Waals surface area contributed by atoms with E-state index in [2.05, 4.69) is 0 Å². The molecule has 1 rings (SSSR count). The lowest BCUT2D eigenvalue weighted by molar-refractivity contribution is 0.0207. The van der Waals surface area contributed by atoms with Crippen molar-refractivity contribution in [2.24, 2.45) is 0 Å². The Bertz CT molecular complexity index is 471. The number of hydrogen-bond donors (Lipinski definition) is 1. The Morgan fingerprint density at radius 1 is 1.44 bits per heavy atom. The number of ether oxygens (including phenoxy) is 1. The molecule has 0 saturated heterocycles. The highest BCUT2D eigenvalue weighted by molar-refractivity contribution is 8.13. The van der Waals surface area contributed by atoms with Crippen molar-refractivity contribution in [1.82, 2.24) is 0 Å². The Morgan fingerprint density at radius 2 is 2.00 bits per heavy atom. The highest BCUT2D eigenvalue weighted by atomic mass is 35.7. The Kier molecular flexibility index (Phi) is 3.83. The predicted octanol–water partition coefficient (Wildman–Crippen LogP) is 1.82. The second-order valence-electron chi connectivity index (χ2n) is 3.64. The van der Waals surface area contributed by atoms with Crippen molar-refractivity contribution >= 4 is 19.7 Å². The first-order valence-corrected chi connectivity index (χ1v) is 7.02. The molecule has 1 unspecified atom stereocenters. The number of rotatable bonds is 4. The number of methoxy groups -OCH3 is 1. The quantitative estimate of drug-likeness (QED) is 0.843. The lowest BCUT2D eigenvalue weighted by Crippen LogP contribution is -2.31. The van der Waals surface area contributed by atoms with E-state index in [9.17, 15) is 13.5 Å². The highest BCUT2D eigenvalue weighted by Crippen LogP contribution is 2.33. The first-order chi connectivity index (χ1) is 7.28. The second kappa shape index (κ2) is 4.61. The number of phenols is 1. The minimum Gasteiger partial charge on any atom is -0.508 e. The standard InChI is InChI=1S/C10H13ClO4S/c1-10(15-2,7-16(11,13)14)8-5-3-4-6-9(8)12/h3-6,12H,7H2,1-2H3. The zero-order valence-electron chi connectivity index (χ0n) is 8.97. The van der Waals surface area contributed by atoms with Gasteiger partial charge in [0, 0.05) is 23.4 Å². The first kappa shape index (κ1) is 13.3. The van der Waals surface area contributed by atoms with Crippen molar-refractivity contribution in [1.29, 1.82) is 0 Å². The fourth-order valence-corrected chi connectivity index (χ4v) is 3.05. The molecule has 1 aromatic carbocycles. The minimum atomic E-state index is -3.72. The summed E-state index contributed by atoms with van der Waals surface area (Å²) in [4.78, 5) is 0. The molecule has 1 aromatic rings. The van der Waals surface area contributed by atoms with E-state index >= 15 is 0 Å². The maximum atomic E-state index is 11.1. The van der Waals surface area contributed by atoms with Crippen LogP contribution in [0.4, 0.5) is 0 Å². The summed E-state index contributed by atoms with van der Waals surface area (Å²) in [6, 6.07) is 6.39. The number of hydrogen-bond acceptors (Lipinski definition) is 4. The lowest BCUT2D eigenvalue weighted by atomic mass is 9.97. The van der Waals surface area contributed by atoms with E-state index in [-0.39, 0.29) is 5.75 Å². The summed E-state index contributed by atoms with van der Waals surface area (Å²) in [5, 5.41) is 9.66. The van der Waals surface area contributed by atoms with Crippen LogP contribution in [0.15, 0.2) is 24.3 Å². The molecular weight excluding hydrogens is 252 g/mol. The lowest BCUT2D eigenvalue weighted by Gasteiger charge is -2.27. The average Bonchev–Trinajstić information content (AvgIpc) is 2.15. The number of para-hydroxylation sites is 1. The smallest absolute Gasteiger partial charge is 0.235 e. The summed E-state index contributed by atoms with van der Waals surface area (Å²) in [6.45, 7) is 1.56. The molecule has 1 atom stereocenters. The van der Waals surface area contributed by atoms with Gasteiger partial charge in [0.2, 0.25) is 9.05 Å². The fourth-order valence-electron chi connectivity index (χ4n) is 1.50. The first-order valence-electron chi connectivity index (χ1n) is 4.54. The summed E-state index contributed by atoms with van der Waals surface area (Å²) in [7, 11) is 2.86. The van der Waals surface area contributed by atoms with Crippen LogP contribution in [0.2, 0.25) is 0 Å². The number of aromatic hydroxyl groups is 1. The van der Waals surface area contributed by atoms with Gasteiger partial charge >= 0.3 is 0 Å². The van der Waals surface area contributed by atoms with Gasteiger partial charge in [0.05, 0.1) is 5.75 Å². The fraction of sp³-hybridized carbons (Fsp3) is 0.400. The third-order valence-corrected chi connectivity index (χ3v) is 3.60. The van der Waals surface area contributed by atoms with Gasteiger partial charge in [-0.05, 0) is 13.0 Å². The van der Waals surface area contributed by atoms with E-state index in [1.54, 1.807) is 25.1 Å². The normalized spacial score (nSPS) is 15.7. The Hall–Kier alpha value is -0.780. The van der Waals surface area contributed by atoms with Crippen LogP contribution in [0.1, 0.15) is 12.5 Å². The van der Waals surface area contributed by atoms with Gasteiger partial charge in [0.15, 0.2) is 0 Å². The van der Waals surface area contributed by atoms with E-state index < -0.39 is 20.4 Å². The molecule has 1 N–H and O–H groups in total. The van der Waals surface area contributed by atoms with Gasteiger partial charge < -0.3 is 9.84 Å². The molecule has 0 fully saturated rings. The molecule has 0 aliphatic carbocycles. The average molecular weight is 265 g/mol. The number of phenolic OH excluding ortho intramolecular Hbond substituents is 1. The van der Waals surface area contributed by atoms with Crippen molar-refractivity contribution in [3.05, 3.63) is 29.8 Å². The van der Waals surface area contributed by atoms with E-state index in [0.29, 0.717) is 5.56 Å². The number of benzene rings is 1. The molecule has 4 nitrogen and oxygen atoms in total. The van der Waals surface area contributed by atoms with Crippen LogP contribution in [-0.2, 0) is 19.4 Å². The Morgan fingerprint density at radius 3 is 2.44 bits per heavy atom. The van der Waals surface area contributed by atoms with Crippen LogP contribution in [0.3, 0.4) is 0 Å². The largest absolute Gasteiger partial charge is 0.508 e. The van der Waals surface area contributed by atoms with Gasteiger partial charge in [-0.2, -0.15) is 0 Å². The van der Waals surface area contributed by atoms with Gasteiger partial charge in [0.1, 0.15) is 11.4 Å². The molecule has 6 heteroatoms. The second-order valence-corrected chi connectivity index (χ2v) is 6.41. The van der Waals surface area contributed by atoms with Gasteiger partial charge in [-0.3, -0.25) is 0 Å². The summed E-state index contributed by atoms with van der Waals surface area (Å²) in [5.41, 5.74) is -0.770. The van der Waals surface area contributed by atoms with Gasteiger partial charge in [-0.1, -0.05) is 18.2 Å². The monoisotopic (exact) mass is 264 g/mol. The van der Waals surface area contributed by atoms with Crippen molar-refractivity contribution in [2.45, 2.75) is 12.5 Å². The van der Waals surface area contributed by atoms with E-state index in [1.165, 1.54) is 13.2 Å². The van der Waals surface area contributed by atoms with Crippen molar-refractivity contribution in [3.63, 3.8) is 0 Å². The Labute approximate surface area is 99.2 Å². The molecule has 0 saturated carbocycles. The molecule has 0 aromatic heterocycles.